The van der Waals surface area contributed by atoms with Crippen molar-refractivity contribution in [1.82, 2.24) is 19.5 Å². The summed E-state index contributed by atoms with van der Waals surface area (Å²) in [6.45, 7) is 3.71. The molecule has 2 aromatic rings. The molecule has 1 fully saturated rings. The molecule has 0 radical (unpaired) electrons. The molecule has 1 aliphatic rings. The molecule has 5 nitrogen and oxygen atoms in total. The van der Waals surface area contributed by atoms with E-state index in [1.54, 1.807) is 9.08 Å². The summed E-state index contributed by atoms with van der Waals surface area (Å²) < 4.78 is 3.43. The van der Waals surface area contributed by atoms with Crippen molar-refractivity contribution in [3.63, 3.8) is 0 Å². The molecule has 1 saturated heterocycles. The Hall–Kier alpha value is -1.62. The van der Waals surface area contributed by atoms with Gasteiger partial charge in [0.25, 0.3) is 5.56 Å². The van der Waals surface area contributed by atoms with Crippen LogP contribution >= 0.6 is 0 Å². The minimum atomic E-state index is 0.0433. The van der Waals surface area contributed by atoms with Crippen LogP contribution in [-0.2, 0) is 6.54 Å². The van der Waals surface area contributed by atoms with Crippen LogP contribution in [0.4, 0.5) is 0 Å². The highest BCUT2D eigenvalue weighted by Gasteiger charge is 2.15. The maximum atomic E-state index is 12.2. The molecule has 0 saturated carbocycles. The van der Waals surface area contributed by atoms with E-state index < -0.39 is 0 Å². The van der Waals surface area contributed by atoms with Crippen molar-refractivity contribution in [3.05, 3.63) is 34.5 Å². The Morgan fingerprint density at radius 2 is 2.41 bits per heavy atom. The Morgan fingerprint density at radius 1 is 1.53 bits per heavy atom. The SMILES string of the molecule is Cc1cc2c(=O)n(C[C@H]3CCCN3)ccn2n1. The van der Waals surface area contributed by atoms with Gasteiger partial charge in [0, 0.05) is 25.0 Å². The molecule has 0 aromatic carbocycles. The molecule has 1 N–H and O–H groups in total. The molecule has 0 aliphatic carbocycles. The first-order chi connectivity index (χ1) is 8.24. The smallest absolute Gasteiger partial charge is 0.276 e. The van der Waals surface area contributed by atoms with Crippen molar-refractivity contribution < 1.29 is 0 Å². The van der Waals surface area contributed by atoms with Crippen LogP contribution in [0, 0.1) is 6.92 Å². The third kappa shape index (κ3) is 1.86. The van der Waals surface area contributed by atoms with Gasteiger partial charge in [-0.15, -0.1) is 0 Å². The number of hydrogen-bond donors (Lipinski definition) is 1. The van der Waals surface area contributed by atoms with Crippen LogP contribution < -0.4 is 10.9 Å². The number of nitrogens with one attached hydrogen (secondary N) is 1. The van der Waals surface area contributed by atoms with Crippen LogP contribution in [0.1, 0.15) is 18.5 Å². The van der Waals surface area contributed by atoms with Gasteiger partial charge >= 0.3 is 0 Å². The highest BCUT2D eigenvalue weighted by Crippen LogP contribution is 2.07. The lowest BCUT2D eigenvalue weighted by molar-refractivity contribution is 0.498. The number of rotatable bonds is 2. The van der Waals surface area contributed by atoms with Crippen molar-refractivity contribution in [2.24, 2.45) is 0 Å². The van der Waals surface area contributed by atoms with Crippen LogP contribution in [-0.4, -0.2) is 26.8 Å². The second-order valence-corrected chi connectivity index (χ2v) is 4.66. The van der Waals surface area contributed by atoms with Crippen molar-refractivity contribution >= 4 is 5.52 Å². The van der Waals surface area contributed by atoms with Crippen molar-refractivity contribution in [3.8, 4) is 0 Å². The van der Waals surface area contributed by atoms with E-state index in [0.29, 0.717) is 11.6 Å². The minimum Gasteiger partial charge on any atom is -0.312 e. The molecule has 3 heterocycles. The summed E-state index contributed by atoms with van der Waals surface area (Å²) in [6.07, 6.45) is 6.02. The molecule has 3 rings (SSSR count). The molecule has 90 valence electrons. The predicted molar refractivity (Wildman–Crippen MR) is 65.2 cm³/mol. The first-order valence-electron chi connectivity index (χ1n) is 6.03. The van der Waals surface area contributed by atoms with Crippen molar-refractivity contribution in [2.75, 3.05) is 6.54 Å². The summed E-state index contributed by atoms with van der Waals surface area (Å²) >= 11 is 0. The fourth-order valence-electron chi connectivity index (χ4n) is 2.44. The Labute approximate surface area is 99.1 Å². The van der Waals surface area contributed by atoms with Crippen LogP contribution in [0.5, 0.6) is 0 Å². The lowest BCUT2D eigenvalue weighted by atomic mass is 10.2. The van der Waals surface area contributed by atoms with Gasteiger partial charge in [0.15, 0.2) is 0 Å². The third-order valence-corrected chi connectivity index (χ3v) is 3.31. The highest BCUT2D eigenvalue weighted by molar-refractivity contribution is 5.44. The maximum absolute atomic E-state index is 12.2. The fourth-order valence-corrected chi connectivity index (χ4v) is 2.44. The lowest BCUT2D eigenvalue weighted by Crippen LogP contribution is -2.32. The average Bonchev–Trinajstić information content (AvgIpc) is 2.91. The van der Waals surface area contributed by atoms with Crippen LogP contribution in [0.15, 0.2) is 23.3 Å². The zero-order valence-corrected chi connectivity index (χ0v) is 9.89. The molecular formula is C12H16N4O. The summed E-state index contributed by atoms with van der Waals surface area (Å²) in [5.41, 5.74) is 1.57. The van der Waals surface area contributed by atoms with Crippen LogP contribution in [0.2, 0.25) is 0 Å². The van der Waals surface area contributed by atoms with E-state index >= 15 is 0 Å². The van der Waals surface area contributed by atoms with Gasteiger partial charge in [-0.05, 0) is 32.4 Å². The number of aromatic nitrogens is 3. The highest BCUT2D eigenvalue weighted by atomic mass is 16.1. The summed E-state index contributed by atoms with van der Waals surface area (Å²) in [4.78, 5) is 12.2. The standard InChI is InChI=1S/C12H16N4O/c1-9-7-11-12(17)15(5-6-16(11)14-9)8-10-3-2-4-13-10/h5-7,10,13H,2-4,8H2,1H3/t10-/m1/s1. The molecule has 2 aromatic heterocycles. The second-order valence-electron chi connectivity index (χ2n) is 4.66. The maximum Gasteiger partial charge on any atom is 0.276 e. The molecule has 0 amide bonds. The van der Waals surface area contributed by atoms with Crippen molar-refractivity contribution in [1.29, 1.82) is 0 Å². The molecule has 0 bridgehead atoms. The number of nitrogens with zero attached hydrogens (tertiary/aromatic N) is 3. The van der Waals surface area contributed by atoms with Crippen molar-refractivity contribution in [2.45, 2.75) is 32.4 Å². The molecular weight excluding hydrogens is 216 g/mol. The summed E-state index contributed by atoms with van der Waals surface area (Å²) in [5.74, 6) is 0. The molecule has 17 heavy (non-hydrogen) atoms. The second kappa shape index (κ2) is 4.00. The van der Waals surface area contributed by atoms with E-state index in [9.17, 15) is 4.79 Å². The molecule has 5 heteroatoms. The predicted octanol–water partition coefficient (Wildman–Crippen LogP) is 0.556. The molecule has 1 aliphatic heterocycles. The summed E-state index contributed by atoms with van der Waals surface area (Å²) in [6, 6.07) is 2.26. The largest absolute Gasteiger partial charge is 0.312 e. The minimum absolute atomic E-state index is 0.0433. The number of fused-ring (bicyclic) bond motifs is 1. The number of aryl methyl sites for hydroxylation is 1. The Balaban J connectivity index is 1.99. The third-order valence-electron chi connectivity index (χ3n) is 3.31. The Kier molecular flexibility index (Phi) is 2.48. The Bertz CT molecular complexity index is 592. The van der Waals surface area contributed by atoms with Gasteiger partial charge < -0.3 is 9.88 Å². The van der Waals surface area contributed by atoms with Gasteiger partial charge in [-0.2, -0.15) is 5.10 Å². The van der Waals surface area contributed by atoms with Gasteiger partial charge in [-0.3, -0.25) is 4.79 Å². The normalized spacial score (nSPS) is 20.2. The molecule has 0 unspecified atom stereocenters. The zero-order valence-electron chi connectivity index (χ0n) is 9.89. The van der Waals surface area contributed by atoms with E-state index in [0.717, 1.165) is 25.2 Å². The van der Waals surface area contributed by atoms with Crippen LogP contribution in [0.3, 0.4) is 0 Å². The van der Waals surface area contributed by atoms with E-state index in [2.05, 4.69) is 10.4 Å². The summed E-state index contributed by atoms with van der Waals surface area (Å²) in [7, 11) is 0. The zero-order chi connectivity index (χ0) is 11.8. The first kappa shape index (κ1) is 10.5. The van der Waals surface area contributed by atoms with Gasteiger partial charge in [-0.25, -0.2) is 4.52 Å². The van der Waals surface area contributed by atoms with Gasteiger partial charge in [0.2, 0.25) is 0 Å². The van der Waals surface area contributed by atoms with Gasteiger partial charge in [-0.1, -0.05) is 0 Å². The van der Waals surface area contributed by atoms with E-state index in [-0.39, 0.29) is 5.56 Å². The average molecular weight is 232 g/mol. The topological polar surface area (TPSA) is 51.3 Å². The van der Waals surface area contributed by atoms with E-state index in [1.807, 2.05) is 25.4 Å². The quantitative estimate of drug-likeness (QED) is 0.823. The van der Waals surface area contributed by atoms with E-state index in [4.69, 9.17) is 0 Å². The monoisotopic (exact) mass is 232 g/mol. The van der Waals surface area contributed by atoms with E-state index in [1.165, 1.54) is 6.42 Å². The lowest BCUT2D eigenvalue weighted by Gasteiger charge is -2.12. The van der Waals surface area contributed by atoms with Gasteiger partial charge in [0.05, 0.1) is 5.69 Å². The number of hydrogen-bond acceptors (Lipinski definition) is 3. The molecule has 0 spiro atoms. The summed E-state index contributed by atoms with van der Waals surface area (Å²) in [5, 5.41) is 7.64. The first-order valence-corrected chi connectivity index (χ1v) is 6.03. The Morgan fingerprint density at radius 3 is 3.18 bits per heavy atom. The van der Waals surface area contributed by atoms with Gasteiger partial charge in [0.1, 0.15) is 5.52 Å². The van der Waals surface area contributed by atoms with Crippen LogP contribution in [0.25, 0.3) is 5.52 Å². The molecule has 1 atom stereocenters. The fraction of sp³-hybridized carbons (Fsp3) is 0.500.